The lowest BCUT2D eigenvalue weighted by Crippen LogP contribution is -2.13. The van der Waals surface area contributed by atoms with Gasteiger partial charge in [-0.15, -0.1) is 0 Å². The van der Waals surface area contributed by atoms with Crippen molar-refractivity contribution in [3.63, 3.8) is 0 Å². The number of benzene rings is 1. The van der Waals surface area contributed by atoms with E-state index >= 15 is 0 Å². The largest absolute Gasteiger partial charge is 0.361 e. The quantitative estimate of drug-likeness (QED) is 0.767. The molecular weight excluding hydrogens is 262 g/mol. The number of hydrogen-bond acceptors (Lipinski definition) is 3. The first-order valence-electron chi connectivity index (χ1n) is 6.12. The van der Waals surface area contributed by atoms with Crippen LogP contribution in [0.15, 0.2) is 34.9 Å². The van der Waals surface area contributed by atoms with E-state index in [0.717, 1.165) is 33.1 Å². The van der Waals surface area contributed by atoms with Gasteiger partial charge < -0.3 is 14.8 Å². The summed E-state index contributed by atoms with van der Waals surface area (Å²) in [6, 6.07) is 9.92. The van der Waals surface area contributed by atoms with Gasteiger partial charge in [-0.2, -0.15) is 0 Å². The topological polar surface area (TPSA) is 53.9 Å². The van der Waals surface area contributed by atoms with Crippen LogP contribution in [0, 0.1) is 6.92 Å². The summed E-state index contributed by atoms with van der Waals surface area (Å²) in [5.41, 5.74) is 2.94. The first-order valence-corrected chi connectivity index (χ1v) is 6.50. The van der Waals surface area contributed by atoms with Crippen molar-refractivity contribution < 1.29 is 4.52 Å². The summed E-state index contributed by atoms with van der Waals surface area (Å²) in [7, 11) is 0. The maximum atomic E-state index is 6.34. The highest BCUT2D eigenvalue weighted by Crippen LogP contribution is 2.26. The van der Waals surface area contributed by atoms with E-state index in [4.69, 9.17) is 16.1 Å². The van der Waals surface area contributed by atoms with Crippen molar-refractivity contribution >= 4 is 22.5 Å². The molecule has 19 heavy (non-hydrogen) atoms. The van der Waals surface area contributed by atoms with Crippen molar-refractivity contribution in [2.45, 2.75) is 20.0 Å². The molecule has 0 atom stereocenters. The van der Waals surface area contributed by atoms with Crippen molar-refractivity contribution in [1.82, 2.24) is 15.5 Å². The molecule has 0 saturated carbocycles. The van der Waals surface area contributed by atoms with Gasteiger partial charge in [0.25, 0.3) is 0 Å². The van der Waals surface area contributed by atoms with Crippen molar-refractivity contribution in [3.05, 3.63) is 52.5 Å². The average Bonchev–Trinajstić information content (AvgIpc) is 2.96. The standard InChI is InChI=1S/C14H14ClN3O/c1-9-6-10(18-19-9)7-16-8-13-14(15)11-4-2-3-5-12(11)17-13/h2-6,16-17H,7-8H2,1H3. The van der Waals surface area contributed by atoms with Crippen molar-refractivity contribution in [2.24, 2.45) is 0 Å². The molecule has 0 radical (unpaired) electrons. The number of hydrogen-bond donors (Lipinski definition) is 2. The van der Waals surface area contributed by atoms with E-state index in [-0.39, 0.29) is 0 Å². The summed E-state index contributed by atoms with van der Waals surface area (Å²) in [6.07, 6.45) is 0. The molecule has 0 amide bonds. The Morgan fingerprint density at radius 3 is 2.89 bits per heavy atom. The second-order valence-corrected chi connectivity index (χ2v) is 4.87. The third kappa shape index (κ3) is 2.50. The van der Waals surface area contributed by atoms with Gasteiger partial charge in [0.05, 0.1) is 10.7 Å². The summed E-state index contributed by atoms with van der Waals surface area (Å²) >= 11 is 6.34. The van der Waals surface area contributed by atoms with E-state index in [0.29, 0.717) is 13.1 Å². The molecule has 0 fully saturated rings. The summed E-state index contributed by atoms with van der Waals surface area (Å²) < 4.78 is 5.02. The zero-order valence-corrected chi connectivity index (χ0v) is 11.3. The van der Waals surface area contributed by atoms with Gasteiger partial charge in [0.2, 0.25) is 0 Å². The minimum Gasteiger partial charge on any atom is -0.361 e. The molecule has 0 saturated heterocycles. The monoisotopic (exact) mass is 275 g/mol. The smallest absolute Gasteiger partial charge is 0.133 e. The second-order valence-electron chi connectivity index (χ2n) is 4.50. The average molecular weight is 276 g/mol. The fourth-order valence-corrected chi connectivity index (χ4v) is 2.38. The van der Waals surface area contributed by atoms with E-state index in [1.807, 2.05) is 37.3 Å². The molecule has 0 aliphatic carbocycles. The SMILES string of the molecule is Cc1cc(CNCc2[nH]c3ccccc3c2Cl)no1. The lowest BCUT2D eigenvalue weighted by Gasteiger charge is -2.00. The molecule has 2 heterocycles. The Morgan fingerprint density at radius 2 is 2.16 bits per heavy atom. The van der Waals surface area contributed by atoms with Crippen LogP contribution in [-0.2, 0) is 13.1 Å². The molecule has 3 aromatic rings. The van der Waals surface area contributed by atoms with Crippen molar-refractivity contribution in [2.75, 3.05) is 0 Å². The molecule has 0 unspecified atom stereocenters. The minimum absolute atomic E-state index is 0.656. The van der Waals surface area contributed by atoms with Crippen molar-refractivity contribution in [1.29, 1.82) is 0 Å². The molecule has 0 aliphatic rings. The highest BCUT2D eigenvalue weighted by Gasteiger charge is 2.08. The molecule has 98 valence electrons. The molecule has 1 aromatic carbocycles. The Labute approximate surface area is 115 Å². The van der Waals surface area contributed by atoms with Gasteiger partial charge >= 0.3 is 0 Å². The fourth-order valence-electron chi connectivity index (χ4n) is 2.10. The Hall–Kier alpha value is -1.78. The number of H-pyrrole nitrogens is 1. The number of aryl methyl sites for hydroxylation is 1. The molecule has 0 bridgehead atoms. The number of aromatic nitrogens is 2. The van der Waals surface area contributed by atoms with E-state index in [1.54, 1.807) is 0 Å². The lowest BCUT2D eigenvalue weighted by molar-refractivity contribution is 0.388. The van der Waals surface area contributed by atoms with Crippen LogP contribution in [-0.4, -0.2) is 10.1 Å². The number of rotatable bonds is 4. The summed E-state index contributed by atoms with van der Waals surface area (Å²) in [5, 5.41) is 9.06. The number of fused-ring (bicyclic) bond motifs is 1. The normalized spacial score (nSPS) is 11.3. The first-order chi connectivity index (χ1) is 9.24. The van der Waals surface area contributed by atoms with E-state index in [9.17, 15) is 0 Å². The number of aromatic amines is 1. The molecule has 4 nitrogen and oxygen atoms in total. The summed E-state index contributed by atoms with van der Waals surface area (Å²) in [6.45, 7) is 3.20. The third-order valence-electron chi connectivity index (χ3n) is 3.00. The Kier molecular flexibility index (Phi) is 3.27. The maximum Gasteiger partial charge on any atom is 0.133 e. The lowest BCUT2D eigenvalue weighted by atomic mass is 10.2. The maximum absolute atomic E-state index is 6.34. The van der Waals surface area contributed by atoms with Crippen molar-refractivity contribution in [3.8, 4) is 0 Å². The van der Waals surface area contributed by atoms with Crippen LogP contribution in [0.25, 0.3) is 10.9 Å². The summed E-state index contributed by atoms with van der Waals surface area (Å²) in [5.74, 6) is 0.820. The van der Waals surface area contributed by atoms with Gasteiger partial charge in [-0.3, -0.25) is 0 Å². The molecule has 3 rings (SSSR count). The van der Waals surface area contributed by atoms with Crippen LogP contribution in [0.4, 0.5) is 0 Å². The highest BCUT2D eigenvalue weighted by atomic mass is 35.5. The number of nitrogens with zero attached hydrogens (tertiary/aromatic N) is 1. The zero-order chi connectivity index (χ0) is 13.2. The van der Waals surface area contributed by atoms with Gasteiger partial charge in [0.15, 0.2) is 0 Å². The van der Waals surface area contributed by atoms with E-state index in [1.165, 1.54) is 0 Å². The molecule has 0 spiro atoms. The molecular formula is C14H14ClN3O. The third-order valence-corrected chi connectivity index (χ3v) is 3.43. The Morgan fingerprint density at radius 1 is 1.32 bits per heavy atom. The van der Waals surface area contributed by atoms with Crippen LogP contribution in [0.1, 0.15) is 17.1 Å². The Balaban J connectivity index is 1.70. The molecule has 2 aromatic heterocycles. The van der Waals surface area contributed by atoms with Crippen LogP contribution in [0.5, 0.6) is 0 Å². The van der Waals surface area contributed by atoms with Gasteiger partial charge in [0.1, 0.15) is 5.76 Å². The molecule has 5 heteroatoms. The molecule has 2 N–H and O–H groups in total. The van der Waals surface area contributed by atoms with E-state index in [2.05, 4.69) is 15.5 Å². The summed E-state index contributed by atoms with van der Waals surface area (Å²) in [4.78, 5) is 3.32. The Bertz CT molecular complexity index is 702. The van der Waals surface area contributed by atoms with Crippen LogP contribution in [0.2, 0.25) is 5.02 Å². The first kappa shape index (κ1) is 12.3. The van der Waals surface area contributed by atoms with Gasteiger partial charge in [0, 0.05) is 35.8 Å². The number of halogens is 1. The van der Waals surface area contributed by atoms with Crippen LogP contribution in [0.3, 0.4) is 0 Å². The van der Waals surface area contributed by atoms with E-state index < -0.39 is 0 Å². The minimum atomic E-state index is 0.656. The van der Waals surface area contributed by atoms with Gasteiger partial charge in [-0.25, -0.2) is 0 Å². The number of para-hydroxylation sites is 1. The predicted octanol–water partition coefficient (Wildman–Crippen LogP) is 3.41. The van der Waals surface area contributed by atoms with Crippen LogP contribution >= 0.6 is 11.6 Å². The fraction of sp³-hybridized carbons (Fsp3) is 0.214. The van der Waals surface area contributed by atoms with Gasteiger partial charge in [-0.05, 0) is 13.0 Å². The second kappa shape index (κ2) is 5.07. The zero-order valence-electron chi connectivity index (χ0n) is 10.5. The van der Waals surface area contributed by atoms with Gasteiger partial charge in [-0.1, -0.05) is 35.0 Å². The molecule has 0 aliphatic heterocycles. The van der Waals surface area contributed by atoms with Crippen LogP contribution < -0.4 is 5.32 Å². The predicted molar refractivity (Wildman–Crippen MR) is 75.1 cm³/mol. The highest BCUT2D eigenvalue weighted by molar-refractivity contribution is 6.36. The number of nitrogens with one attached hydrogen (secondary N) is 2.